The summed E-state index contributed by atoms with van der Waals surface area (Å²) in [7, 11) is 0. The number of esters is 3. The fourth-order valence-electron chi connectivity index (χ4n) is 11.3. The lowest BCUT2D eigenvalue weighted by Crippen LogP contribution is -2.68. The summed E-state index contributed by atoms with van der Waals surface area (Å²) >= 11 is 0. The van der Waals surface area contributed by atoms with E-state index in [1.807, 2.05) is 27.7 Å². The summed E-state index contributed by atoms with van der Waals surface area (Å²) in [5.74, 6) is -2.22. The molecule has 10 nitrogen and oxygen atoms in total. The molecule has 4 aliphatic heterocycles. The molecule has 0 aromatic rings. The van der Waals surface area contributed by atoms with Gasteiger partial charge in [-0.05, 0) is 57.8 Å². The summed E-state index contributed by atoms with van der Waals surface area (Å²) in [5.41, 5.74) is -4.89. The molecule has 3 aliphatic carbocycles. The Hall–Kier alpha value is -1.75. The fourth-order valence-corrected chi connectivity index (χ4v) is 11.3. The van der Waals surface area contributed by atoms with Crippen LogP contribution in [0.1, 0.15) is 86.5 Å². The van der Waals surface area contributed by atoms with Crippen LogP contribution in [0.4, 0.5) is 0 Å². The van der Waals surface area contributed by atoms with Crippen LogP contribution in [0.2, 0.25) is 0 Å². The Morgan fingerprint density at radius 2 is 1.78 bits per heavy atom. The molecule has 0 amide bonds. The van der Waals surface area contributed by atoms with Crippen LogP contribution < -0.4 is 0 Å². The molecular weight excluding hydrogens is 532 g/mol. The van der Waals surface area contributed by atoms with E-state index in [2.05, 4.69) is 6.92 Å². The number of fused-ring (bicyclic) bond motifs is 2. The van der Waals surface area contributed by atoms with E-state index in [0.29, 0.717) is 25.7 Å². The highest BCUT2D eigenvalue weighted by molar-refractivity contribution is 5.74. The van der Waals surface area contributed by atoms with Crippen LogP contribution in [-0.2, 0) is 38.1 Å². The Morgan fingerprint density at radius 3 is 2.44 bits per heavy atom. The van der Waals surface area contributed by atoms with Gasteiger partial charge in [-0.25, -0.2) is 0 Å². The second kappa shape index (κ2) is 8.45. The van der Waals surface area contributed by atoms with Gasteiger partial charge in [0.2, 0.25) is 0 Å². The average molecular weight is 577 g/mol. The molecule has 41 heavy (non-hydrogen) atoms. The van der Waals surface area contributed by atoms with E-state index in [1.54, 1.807) is 0 Å². The first kappa shape index (κ1) is 28.0. The topological polar surface area (TPSA) is 138 Å². The summed E-state index contributed by atoms with van der Waals surface area (Å²) in [4.78, 5) is 37.4. The lowest BCUT2D eigenvalue weighted by Gasteiger charge is -2.60. The number of carbonyl (C=O) groups is 3. The minimum absolute atomic E-state index is 0.0116. The van der Waals surface area contributed by atoms with Crippen molar-refractivity contribution in [3.8, 4) is 0 Å². The van der Waals surface area contributed by atoms with Gasteiger partial charge >= 0.3 is 17.9 Å². The van der Waals surface area contributed by atoms with Crippen LogP contribution >= 0.6 is 0 Å². The molecule has 0 bridgehead atoms. The molecule has 7 aliphatic rings. The zero-order valence-corrected chi connectivity index (χ0v) is 24.9. The Bertz CT molecular complexity index is 1190. The van der Waals surface area contributed by atoms with E-state index in [4.69, 9.17) is 23.7 Å². The summed E-state index contributed by atoms with van der Waals surface area (Å²) < 4.78 is 31.4. The van der Waals surface area contributed by atoms with Gasteiger partial charge in [-0.3, -0.25) is 14.4 Å². The van der Waals surface area contributed by atoms with Crippen molar-refractivity contribution >= 4 is 17.9 Å². The smallest absolute Gasteiger partial charge is 0.309 e. The predicted octanol–water partition coefficient (Wildman–Crippen LogP) is 2.44. The number of aliphatic hydroxyl groups is 2. The molecule has 10 heteroatoms. The first-order valence-corrected chi connectivity index (χ1v) is 15.4. The fraction of sp³-hybridized carbons (Fsp3) is 0.903. The van der Waals surface area contributed by atoms with Gasteiger partial charge in [0.15, 0.2) is 0 Å². The summed E-state index contributed by atoms with van der Waals surface area (Å²) in [5, 5.41) is 24.9. The van der Waals surface area contributed by atoms with E-state index in [0.717, 1.165) is 0 Å². The number of ether oxygens (including phenoxy) is 5. The lowest BCUT2D eigenvalue weighted by molar-refractivity contribution is -0.271. The summed E-state index contributed by atoms with van der Waals surface area (Å²) in [6.07, 6.45) is -0.318. The van der Waals surface area contributed by atoms with Crippen LogP contribution in [0.25, 0.3) is 0 Å². The minimum atomic E-state index is -1.42. The van der Waals surface area contributed by atoms with Crippen molar-refractivity contribution < 1.29 is 48.3 Å². The molecule has 2 N–H and O–H groups in total. The Labute approximate surface area is 240 Å². The number of carbonyl (C=O) groups excluding carboxylic acids is 3. The second-order valence-electron chi connectivity index (χ2n) is 15.1. The number of rotatable bonds is 2. The summed E-state index contributed by atoms with van der Waals surface area (Å²) in [6, 6.07) is 0. The van der Waals surface area contributed by atoms with Crippen molar-refractivity contribution in [2.45, 2.75) is 139 Å². The Balaban J connectivity index is 1.33. The van der Waals surface area contributed by atoms with Gasteiger partial charge in [0.25, 0.3) is 0 Å². The van der Waals surface area contributed by atoms with Crippen molar-refractivity contribution in [3.05, 3.63) is 0 Å². The van der Waals surface area contributed by atoms with E-state index >= 15 is 0 Å². The standard InChI is InChI=1S/C31H44O10/c1-14-9-19(38-26(14)35)24-15(2)17-10-21(37-16(3)32)28(6)25-18(33)11-20-27(4,5)39-22-12-23(34)40-30(20,22)13-29(25,36)7-8-31(17,28)41-24/h14-15,17-22,24-25,33,36H,7-13H2,1-6H3/t14?,15-,17+,18+,19-,20-,21-,22+,24-,25-,28+,29-,30+,31-/m0/s1. The van der Waals surface area contributed by atoms with Crippen molar-refractivity contribution in [2.24, 2.45) is 35.0 Å². The van der Waals surface area contributed by atoms with Crippen LogP contribution in [0.15, 0.2) is 0 Å². The first-order chi connectivity index (χ1) is 19.1. The molecule has 7 fully saturated rings. The zero-order valence-electron chi connectivity index (χ0n) is 24.9. The summed E-state index contributed by atoms with van der Waals surface area (Å²) in [6.45, 7) is 11.3. The molecule has 4 heterocycles. The molecule has 0 aromatic heterocycles. The molecule has 0 aromatic carbocycles. The largest absolute Gasteiger partial charge is 0.462 e. The molecule has 7 rings (SSSR count). The maximum absolute atomic E-state index is 12.7. The lowest BCUT2D eigenvalue weighted by atomic mass is 9.50. The van der Waals surface area contributed by atoms with Crippen LogP contribution in [0.3, 0.4) is 0 Å². The monoisotopic (exact) mass is 576 g/mol. The first-order valence-electron chi connectivity index (χ1n) is 15.4. The number of hydrogen-bond donors (Lipinski definition) is 2. The molecule has 2 spiro atoms. The quantitative estimate of drug-likeness (QED) is 0.372. The van der Waals surface area contributed by atoms with Gasteiger partial charge in [0, 0.05) is 30.6 Å². The van der Waals surface area contributed by atoms with Crippen LogP contribution in [-0.4, -0.2) is 81.0 Å². The highest BCUT2D eigenvalue weighted by atomic mass is 16.6. The highest BCUT2D eigenvalue weighted by Gasteiger charge is 2.81. The van der Waals surface area contributed by atoms with Crippen molar-refractivity contribution in [3.63, 3.8) is 0 Å². The van der Waals surface area contributed by atoms with Gasteiger partial charge in [-0.2, -0.15) is 0 Å². The third-order valence-corrected chi connectivity index (χ3v) is 12.8. The van der Waals surface area contributed by atoms with E-state index < -0.39 is 58.0 Å². The zero-order chi connectivity index (χ0) is 29.5. The van der Waals surface area contributed by atoms with Gasteiger partial charge < -0.3 is 33.9 Å². The molecule has 14 atom stereocenters. The Kier molecular flexibility index (Phi) is 5.78. The van der Waals surface area contributed by atoms with Crippen molar-refractivity contribution in [1.82, 2.24) is 0 Å². The molecule has 1 unspecified atom stereocenters. The van der Waals surface area contributed by atoms with Crippen LogP contribution in [0, 0.1) is 35.0 Å². The molecule has 4 saturated heterocycles. The average Bonchev–Trinajstić information content (AvgIpc) is 3.53. The SMILES string of the molecule is CC(=O)O[C@H]1C[C@@H]2[C@H](C)[C@@H]([C@@H]3CC(C)C(=O)O3)O[C@@]23CC[C@]2(O)C[C@]45OC(=O)C[C@H]4OC(C)(C)[C@@H]5C[C@@H](O)[C@H]2[C@@]13C. The minimum Gasteiger partial charge on any atom is -0.462 e. The van der Waals surface area contributed by atoms with Gasteiger partial charge in [-0.1, -0.05) is 20.8 Å². The number of cyclic esters (lactones) is 1. The molecule has 0 radical (unpaired) electrons. The van der Waals surface area contributed by atoms with E-state index in [1.165, 1.54) is 6.92 Å². The van der Waals surface area contributed by atoms with Crippen molar-refractivity contribution in [1.29, 1.82) is 0 Å². The van der Waals surface area contributed by atoms with Gasteiger partial charge in [-0.15, -0.1) is 0 Å². The third-order valence-electron chi connectivity index (χ3n) is 12.8. The molecular formula is C31H44O10. The van der Waals surface area contributed by atoms with Gasteiger partial charge in [0.05, 0.1) is 41.3 Å². The highest BCUT2D eigenvalue weighted by Crippen LogP contribution is 2.73. The molecule has 3 saturated carbocycles. The number of hydrogen-bond acceptors (Lipinski definition) is 10. The Morgan fingerprint density at radius 1 is 1.05 bits per heavy atom. The van der Waals surface area contributed by atoms with E-state index in [9.17, 15) is 24.6 Å². The maximum Gasteiger partial charge on any atom is 0.309 e. The van der Waals surface area contributed by atoms with Gasteiger partial charge in [0.1, 0.15) is 23.9 Å². The normalized spacial score (nSPS) is 56.6. The van der Waals surface area contributed by atoms with E-state index in [-0.39, 0.29) is 67.1 Å². The second-order valence-corrected chi connectivity index (χ2v) is 15.1. The van der Waals surface area contributed by atoms with Crippen LogP contribution in [0.5, 0.6) is 0 Å². The number of aliphatic hydroxyl groups excluding tert-OH is 1. The molecule has 228 valence electrons. The predicted molar refractivity (Wildman–Crippen MR) is 141 cm³/mol. The van der Waals surface area contributed by atoms with Crippen molar-refractivity contribution in [2.75, 3.05) is 0 Å². The maximum atomic E-state index is 12.7. The third kappa shape index (κ3) is 3.42.